The monoisotopic (exact) mass is 334 g/mol. The lowest BCUT2D eigenvalue weighted by Crippen LogP contribution is -2.19. The zero-order valence-electron chi connectivity index (χ0n) is 11.7. The maximum Gasteiger partial charge on any atom is 0.261 e. The second-order valence-electron chi connectivity index (χ2n) is 4.76. The molecule has 0 saturated heterocycles. The molecular formula is C16H12ClFN2OS. The van der Waals surface area contributed by atoms with Gasteiger partial charge in [-0.25, -0.2) is 9.37 Å². The summed E-state index contributed by atoms with van der Waals surface area (Å²) in [5.41, 5.74) is 0.928. The van der Waals surface area contributed by atoms with Crippen molar-refractivity contribution in [2.45, 2.75) is 10.9 Å². The van der Waals surface area contributed by atoms with Crippen LogP contribution in [-0.4, -0.2) is 9.55 Å². The van der Waals surface area contributed by atoms with E-state index < -0.39 is 0 Å². The highest BCUT2D eigenvalue weighted by Crippen LogP contribution is 2.27. The normalized spacial score (nSPS) is 11.0. The Kier molecular flexibility index (Phi) is 4.18. The molecule has 0 spiro atoms. The van der Waals surface area contributed by atoms with Gasteiger partial charge in [0.1, 0.15) is 5.82 Å². The van der Waals surface area contributed by atoms with Crippen molar-refractivity contribution in [2.75, 3.05) is 0 Å². The molecule has 112 valence electrons. The maximum atomic E-state index is 13.8. The number of fused-ring (bicyclic) bond motifs is 1. The van der Waals surface area contributed by atoms with E-state index in [9.17, 15) is 9.18 Å². The van der Waals surface area contributed by atoms with E-state index in [1.54, 1.807) is 37.4 Å². The molecule has 0 amide bonds. The molecule has 3 nitrogen and oxygen atoms in total. The predicted molar refractivity (Wildman–Crippen MR) is 88.0 cm³/mol. The molecule has 6 heteroatoms. The van der Waals surface area contributed by atoms with Gasteiger partial charge in [0.05, 0.1) is 10.9 Å². The van der Waals surface area contributed by atoms with E-state index in [4.69, 9.17) is 11.6 Å². The Balaban J connectivity index is 1.98. The SMILES string of the molecule is Cn1c(SCc2c(F)cccc2Cl)nc2ccccc2c1=O. The number of hydrogen-bond acceptors (Lipinski definition) is 3. The van der Waals surface area contributed by atoms with Crippen LogP contribution in [0.25, 0.3) is 10.9 Å². The molecule has 0 fully saturated rings. The van der Waals surface area contributed by atoms with Gasteiger partial charge in [-0.2, -0.15) is 0 Å². The molecule has 3 aromatic rings. The summed E-state index contributed by atoms with van der Waals surface area (Å²) in [4.78, 5) is 16.8. The minimum Gasteiger partial charge on any atom is -0.290 e. The van der Waals surface area contributed by atoms with Crippen molar-refractivity contribution in [3.05, 3.63) is 69.2 Å². The molecule has 0 radical (unpaired) electrons. The number of para-hydroxylation sites is 1. The largest absolute Gasteiger partial charge is 0.290 e. The Bertz CT molecular complexity index is 890. The van der Waals surface area contributed by atoms with Crippen LogP contribution >= 0.6 is 23.4 Å². The van der Waals surface area contributed by atoms with Crippen molar-refractivity contribution < 1.29 is 4.39 Å². The average molecular weight is 335 g/mol. The summed E-state index contributed by atoms with van der Waals surface area (Å²) in [6.07, 6.45) is 0. The summed E-state index contributed by atoms with van der Waals surface area (Å²) in [5.74, 6) is -0.0461. The lowest BCUT2D eigenvalue weighted by molar-refractivity contribution is 0.617. The van der Waals surface area contributed by atoms with Crippen LogP contribution in [0.5, 0.6) is 0 Å². The molecule has 0 aliphatic carbocycles. The van der Waals surface area contributed by atoms with E-state index in [0.717, 1.165) is 0 Å². The zero-order chi connectivity index (χ0) is 15.7. The molecule has 0 unspecified atom stereocenters. The molecule has 1 aromatic heterocycles. The first-order chi connectivity index (χ1) is 10.6. The molecule has 0 atom stereocenters. The molecule has 0 aliphatic heterocycles. The maximum absolute atomic E-state index is 13.8. The van der Waals surface area contributed by atoms with E-state index in [-0.39, 0.29) is 11.4 Å². The number of rotatable bonds is 3. The first kappa shape index (κ1) is 15.1. The van der Waals surface area contributed by atoms with E-state index in [0.29, 0.717) is 32.4 Å². The van der Waals surface area contributed by atoms with Gasteiger partial charge in [-0.05, 0) is 24.3 Å². The van der Waals surface area contributed by atoms with E-state index in [1.807, 2.05) is 6.07 Å². The number of hydrogen-bond donors (Lipinski definition) is 0. The molecule has 0 saturated carbocycles. The second kappa shape index (κ2) is 6.10. The van der Waals surface area contributed by atoms with Crippen LogP contribution in [0, 0.1) is 5.82 Å². The molecular weight excluding hydrogens is 323 g/mol. The van der Waals surface area contributed by atoms with E-state index >= 15 is 0 Å². The Morgan fingerprint density at radius 1 is 1.23 bits per heavy atom. The third kappa shape index (κ3) is 2.74. The van der Waals surface area contributed by atoms with Crippen molar-refractivity contribution in [2.24, 2.45) is 7.05 Å². The molecule has 0 bridgehead atoms. The number of benzene rings is 2. The summed E-state index contributed by atoms with van der Waals surface area (Å²) < 4.78 is 15.3. The number of aromatic nitrogens is 2. The fraction of sp³-hybridized carbons (Fsp3) is 0.125. The molecule has 3 rings (SSSR count). The highest BCUT2D eigenvalue weighted by molar-refractivity contribution is 7.98. The van der Waals surface area contributed by atoms with E-state index in [2.05, 4.69) is 4.98 Å². The molecule has 22 heavy (non-hydrogen) atoms. The number of thioether (sulfide) groups is 1. The zero-order valence-corrected chi connectivity index (χ0v) is 13.3. The lowest BCUT2D eigenvalue weighted by Gasteiger charge is -2.09. The molecule has 2 aromatic carbocycles. The van der Waals surface area contributed by atoms with Crippen LogP contribution in [0.4, 0.5) is 4.39 Å². The summed E-state index contributed by atoms with van der Waals surface area (Å²) in [5, 5.41) is 1.47. The fourth-order valence-electron chi connectivity index (χ4n) is 2.13. The van der Waals surface area contributed by atoms with Crippen molar-refractivity contribution >= 4 is 34.3 Å². The summed E-state index contributed by atoms with van der Waals surface area (Å²) in [7, 11) is 1.66. The fourth-order valence-corrected chi connectivity index (χ4v) is 3.45. The van der Waals surface area contributed by atoms with Crippen LogP contribution in [0.15, 0.2) is 52.4 Å². The Morgan fingerprint density at radius 3 is 2.77 bits per heavy atom. The summed E-state index contributed by atoms with van der Waals surface area (Å²) in [6.45, 7) is 0. The summed E-state index contributed by atoms with van der Waals surface area (Å²) in [6, 6.07) is 11.7. The minimum atomic E-state index is -0.356. The third-order valence-electron chi connectivity index (χ3n) is 3.35. The van der Waals surface area contributed by atoms with Gasteiger partial charge in [-0.1, -0.05) is 41.6 Å². The predicted octanol–water partition coefficient (Wildman–Crippen LogP) is 4.02. The molecule has 0 aliphatic rings. The van der Waals surface area contributed by atoms with Crippen LogP contribution in [0.3, 0.4) is 0 Å². The first-order valence-electron chi connectivity index (χ1n) is 6.59. The Hall–Kier alpha value is -1.85. The van der Waals surface area contributed by atoms with Crippen LogP contribution in [0.1, 0.15) is 5.56 Å². The van der Waals surface area contributed by atoms with Crippen molar-refractivity contribution in [3.8, 4) is 0 Å². The Labute approximate surface area is 135 Å². The standard InChI is InChI=1S/C16H12ClFN2OS/c1-20-15(21)10-5-2-3-8-14(10)19-16(20)22-9-11-12(17)6-4-7-13(11)18/h2-8H,9H2,1H3. The van der Waals surface area contributed by atoms with Gasteiger partial charge in [0, 0.05) is 23.4 Å². The van der Waals surface area contributed by atoms with Crippen molar-refractivity contribution in [1.29, 1.82) is 0 Å². The third-order valence-corrected chi connectivity index (χ3v) is 4.76. The van der Waals surface area contributed by atoms with Gasteiger partial charge in [0.15, 0.2) is 5.16 Å². The topological polar surface area (TPSA) is 34.9 Å². The lowest BCUT2D eigenvalue weighted by atomic mass is 10.2. The minimum absolute atomic E-state index is 0.118. The van der Waals surface area contributed by atoms with Crippen molar-refractivity contribution in [3.63, 3.8) is 0 Å². The quantitative estimate of drug-likeness (QED) is 0.536. The molecule has 1 heterocycles. The van der Waals surface area contributed by atoms with Crippen LogP contribution in [-0.2, 0) is 12.8 Å². The average Bonchev–Trinajstić information content (AvgIpc) is 2.51. The van der Waals surface area contributed by atoms with Gasteiger partial charge in [-0.3, -0.25) is 9.36 Å². The second-order valence-corrected chi connectivity index (χ2v) is 6.11. The first-order valence-corrected chi connectivity index (χ1v) is 7.96. The number of halogens is 2. The smallest absolute Gasteiger partial charge is 0.261 e. The van der Waals surface area contributed by atoms with Gasteiger partial charge >= 0.3 is 0 Å². The highest BCUT2D eigenvalue weighted by Gasteiger charge is 2.12. The molecule has 0 N–H and O–H groups in total. The van der Waals surface area contributed by atoms with Crippen molar-refractivity contribution in [1.82, 2.24) is 9.55 Å². The highest BCUT2D eigenvalue weighted by atomic mass is 35.5. The van der Waals surface area contributed by atoms with Gasteiger partial charge < -0.3 is 0 Å². The Morgan fingerprint density at radius 2 is 2.00 bits per heavy atom. The van der Waals surface area contributed by atoms with Gasteiger partial charge in [-0.15, -0.1) is 0 Å². The van der Waals surface area contributed by atoms with Crippen LogP contribution in [0.2, 0.25) is 5.02 Å². The van der Waals surface area contributed by atoms with Gasteiger partial charge in [0.2, 0.25) is 0 Å². The van der Waals surface area contributed by atoms with E-state index in [1.165, 1.54) is 22.4 Å². The van der Waals surface area contributed by atoms with Gasteiger partial charge in [0.25, 0.3) is 5.56 Å². The van der Waals surface area contributed by atoms with Crippen LogP contribution < -0.4 is 5.56 Å². The number of nitrogens with zero attached hydrogens (tertiary/aromatic N) is 2. The summed E-state index contributed by atoms with van der Waals surface area (Å²) >= 11 is 7.30.